The zero-order valence-corrected chi connectivity index (χ0v) is 12.2. The first-order valence-electron chi connectivity index (χ1n) is 6.93. The van der Waals surface area contributed by atoms with Gasteiger partial charge in [-0.05, 0) is 25.7 Å². The third-order valence-electron chi connectivity index (χ3n) is 4.09. The molecule has 0 aromatic carbocycles. The van der Waals surface area contributed by atoms with Gasteiger partial charge in [0.15, 0.2) is 5.82 Å². The van der Waals surface area contributed by atoms with E-state index in [1.54, 1.807) is 6.92 Å². The van der Waals surface area contributed by atoms with Crippen LogP contribution in [0.1, 0.15) is 43.4 Å². The SMILES string of the molecule is Cc1noc([C@H]2C[C@H](O)CN2S(=O)(=O)CC2CCC2)n1. The minimum atomic E-state index is -3.40. The van der Waals surface area contributed by atoms with Gasteiger partial charge in [0, 0.05) is 13.0 Å². The third-order valence-corrected chi connectivity index (χ3v) is 6.10. The summed E-state index contributed by atoms with van der Waals surface area (Å²) in [5, 5.41) is 13.5. The van der Waals surface area contributed by atoms with Gasteiger partial charge in [0.05, 0.1) is 11.9 Å². The molecule has 20 heavy (non-hydrogen) atoms. The van der Waals surface area contributed by atoms with E-state index in [0.29, 0.717) is 12.2 Å². The second-order valence-electron chi connectivity index (χ2n) is 5.73. The molecule has 8 heteroatoms. The molecule has 1 N–H and O–H groups in total. The van der Waals surface area contributed by atoms with Crippen molar-refractivity contribution in [2.24, 2.45) is 5.92 Å². The second kappa shape index (κ2) is 5.09. The van der Waals surface area contributed by atoms with Crippen molar-refractivity contribution in [2.75, 3.05) is 12.3 Å². The van der Waals surface area contributed by atoms with Crippen molar-refractivity contribution in [2.45, 2.75) is 44.8 Å². The van der Waals surface area contributed by atoms with Gasteiger partial charge in [-0.3, -0.25) is 0 Å². The van der Waals surface area contributed by atoms with Crippen LogP contribution in [0.3, 0.4) is 0 Å². The van der Waals surface area contributed by atoms with E-state index >= 15 is 0 Å². The zero-order valence-electron chi connectivity index (χ0n) is 11.4. The fourth-order valence-electron chi connectivity index (χ4n) is 2.82. The number of rotatable bonds is 4. The van der Waals surface area contributed by atoms with Crippen molar-refractivity contribution in [3.05, 3.63) is 11.7 Å². The fourth-order valence-corrected chi connectivity index (χ4v) is 4.90. The van der Waals surface area contributed by atoms with Crippen molar-refractivity contribution >= 4 is 10.0 Å². The van der Waals surface area contributed by atoms with Crippen molar-refractivity contribution in [3.63, 3.8) is 0 Å². The average Bonchev–Trinajstić information content (AvgIpc) is 2.90. The first-order chi connectivity index (χ1) is 9.45. The smallest absolute Gasteiger partial charge is 0.245 e. The van der Waals surface area contributed by atoms with Crippen LogP contribution in [0, 0.1) is 12.8 Å². The van der Waals surface area contributed by atoms with Gasteiger partial charge in [-0.2, -0.15) is 9.29 Å². The number of hydrogen-bond acceptors (Lipinski definition) is 6. The molecular formula is C12H19N3O4S. The van der Waals surface area contributed by atoms with Crippen LogP contribution in [-0.2, 0) is 10.0 Å². The molecule has 0 unspecified atom stereocenters. The molecule has 2 atom stereocenters. The highest BCUT2D eigenvalue weighted by Gasteiger charge is 2.43. The van der Waals surface area contributed by atoms with Crippen LogP contribution in [0.4, 0.5) is 0 Å². The molecule has 2 fully saturated rings. The van der Waals surface area contributed by atoms with Crippen LogP contribution in [0.5, 0.6) is 0 Å². The summed E-state index contributed by atoms with van der Waals surface area (Å²) >= 11 is 0. The first kappa shape index (κ1) is 14.0. The number of sulfonamides is 1. The van der Waals surface area contributed by atoms with Crippen molar-refractivity contribution in [3.8, 4) is 0 Å². The Morgan fingerprint density at radius 1 is 1.45 bits per heavy atom. The number of nitrogens with zero attached hydrogens (tertiary/aromatic N) is 3. The lowest BCUT2D eigenvalue weighted by molar-refractivity contribution is 0.188. The van der Waals surface area contributed by atoms with E-state index in [-0.39, 0.29) is 24.1 Å². The Morgan fingerprint density at radius 2 is 2.20 bits per heavy atom. The highest BCUT2D eigenvalue weighted by molar-refractivity contribution is 7.89. The molecule has 1 aliphatic carbocycles. The lowest BCUT2D eigenvalue weighted by Crippen LogP contribution is -2.37. The quantitative estimate of drug-likeness (QED) is 0.875. The minimum absolute atomic E-state index is 0.112. The largest absolute Gasteiger partial charge is 0.392 e. The molecule has 1 aromatic rings. The molecule has 0 bridgehead atoms. The van der Waals surface area contributed by atoms with Crippen LogP contribution < -0.4 is 0 Å². The minimum Gasteiger partial charge on any atom is -0.392 e. The molecule has 2 aliphatic rings. The number of aliphatic hydroxyl groups excluding tert-OH is 1. The molecular weight excluding hydrogens is 282 g/mol. The van der Waals surface area contributed by atoms with Crippen molar-refractivity contribution in [1.82, 2.24) is 14.4 Å². The number of aliphatic hydroxyl groups is 1. The van der Waals surface area contributed by atoms with Crippen LogP contribution >= 0.6 is 0 Å². The summed E-state index contributed by atoms with van der Waals surface area (Å²) in [5.41, 5.74) is 0. The molecule has 112 valence electrons. The lowest BCUT2D eigenvalue weighted by Gasteiger charge is -2.28. The molecule has 1 aliphatic heterocycles. The van der Waals surface area contributed by atoms with Gasteiger partial charge in [0.25, 0.3) is 0 Å². The van der Waals surface area contributed by atoms with E-state index in [9.17, 15) is 13.5 Å². The third kappa shape index (κ3) is 2.59. The average molecular weight is 301 g/mol. The summed E-state index contributed by atoms with van der Waals surface area (Å²) in [7, 11) is -3.40. The van der Waals surface area contributed by atoms with Gasteiger partial charge in [-0.1, -0.05) is 11.6 Å². The molecule has 1 aromatic heterocycles. The Balaban J connectivity index is 1.82. The summed E-state index contributed by atoms with van der Waals surface area (Å²) < 4.78 is 31.4. The number of hydrogen-bond donors (Lipinski definition) is 1. The normalized spacial score (nSPS) is 28.7. The topological polar surface area (TPSA) is 96.5 Å². The Bertz CT molecular complexity index is 581. The van der Waals surface area contributed by atoms with Crippen molar-refractivity contribution < 1.29 is 18.0 Å². The Morgan fingerprint density at radius 3 is 2.75 bits per heavy atom. The van der Waals surface area contributed by atoms with Crippen molar-refractivity contribution in [1.29, 1.82) is 0 Å². The van der Waals surface area contributed by atoms with Crippen LogP contribution in [0.2, 0.25) is 0 Å². The highest BCUT2D eigenvalue weighted by atomic mass is 32.2. The standard InChI is InChI=1S/C12H19N3O4S/c1-8-13-12(19-14-8)11-5-10(16)6-15(11)20(17,18)7-9-3-2-4-9/h9-11,16H,2-7H2,1H3/t10-,11+/m0/s1. The molecule has 1 saturated carbocycles. The zero-order chi connectivity index (χ0) is 14.3. The maximum Gasteiger partial charge on any atom is 0.245 e. The van der Waals surface area contributed by atoms with Gasteiger partial charge in [-0.25, -0.2) is 8.42 Å². The maximum absolute atomic E-state index is 12.5. The van der Waals surface area contributed by atoms with E-state index in [4.69, 9.17) is 4.52 Å². The van der Waals surface area contributed by atoms with Crippen LogP contribution in [0.15, 0.2) is 4.52 Å². The summed E-state index contributed by atoms with van der Waals surface area (Å²) in [6, 6.07) is -0.531. The van der Waals surface area contributed by atoms with E-state index in [0.717, 1.165) is 19.3 Å². The highest BCUT2D eigenvalue weighted by Crippen LogP contribution is 2.36. The number of aryl methyl sites for hydroxylation is 1. The van der Waals surface area contributed by atoms with Crippen LogP contribution in [-0.4, -0.2) is 46.4 Å². The predicted molar refractivity (Wildman–Crippen MR) is 70.2 cm³/mol. The Hall–Kier alpha value is -0.990. The van der Waals surface area contributed by atoms with Gasteiger partial charge in [0.1, 0.15) is 6.04 Å². The van der Waals surface area contributed by atoms with Gasteiger partial charge >= 0.3 is 0 Å². The van der Waals surface area contributed by atoms with Gasteiger partial charge in [0.2, 0.25) is 15.9 Å². The lowest BCUT2D eigenvalue weighted by atomic mass is 9.87. The maximum atomic E-state index is 12.5. The monoisotopic (exact) mass is 301 g/mol. The van der Waals surface area contributed by atoms with E-state index in [2.05, 4.69) is 10.1 Å². The van der Waals surface area contributed by atoms with Crippen LogP contribution in [0.25, 0.3) is 0 Å². The second-order valence-corrected chi connectivity index (χ2v) is 7.70. The predicted octanol–water partition coefficient (Wildman–Crippen LogP) is 0.616. The molecule has 7 nitrogen and oxygen atoms in total. The first-order valence-corrected chi connectivity index (χ1v) is 8.54. The molecule has 1 saturated heterocycles. The Labute approximate surface area is 118 Å². The Kier molecular flexibility index (Phi) is 3.55. The molecule has 3 rings (SSSR count). The summed E-state index contributed by atoms with van der Waals surface area (Å²) in [5.74, 6) is 1.15. The van der Waals surface area contributed by atoms with E-state index in [1.807, 2.05) is 0 Å². The molecule has 2 heterocycles. The van der Waals surface area contributed by atoms with E-state index < -0.39 is 22.2 Å². The van der Waals surface area contributed by atoms with Gasteiger partial charge < -0.3 is 9.63 Å². The van der Waals surface area contributed by atoms with E-state index in [1.165, 1.54) is 4.31 Å². The number of aromatic nitrogens is 2. The van der Waals surface area contributed by atoms with Gasteiger partial charge in [-0.15, -0.1) is 0 Å². The summed E-state index contributed by atoms with van der Waals surface area (Å²) in [6.07, 6.45) is 2.68. The molecule has 0 spiro atoms. The molecule has 0 amide bonds. The fraction of sp³-hybridized carbons (Fsp3) is 0.833. The summed E-state index contributed by atoms with van der Waals surface area (Å²) in [4.78, 5) is 4.11. The number of β-amino-alcohol motifs (C(OH)–C–C–N with tert-alkyl or cyclic N) is 1. The molecule has 0 radical (unpaired) electrons. The summed E-state index contributed by atoms with van der Waals surface area (Å²) in [6.45, 7) is 1.80.